The average Bonchev–Trinajstić information content (AvgIpc) is 2.40. The molecular weight excluding hydrogens is 144 g/mol. The molecule has 1 aromatic rings. The molecule has 1 heterocycles. The second-order valence-corrected chi connectivity index (χ2v) is 2.24. The maximum atomic E-state index is 5.09. The van der Waals surface area contributed by atoms with Gasteiger partial charge in [-0.2, -0.15) is 0 Å². The zero-order valence-corrected chi connectivity index (χ0v) is 6.96. The number of ether oxygens (including phenoxy) is 2. The van der Waals surface area contributed by atoms with Gasteiger partial charge < -0.3 is 13.9 Å². The van der Waals surface area contributed by atoms with Crippen LogP contribution < -0.4 is 0 Å². The van der Waals surface area contributed by atoms with Gasteiger partial charge in [0.25, 0.3) is 0 Å². The molecular formula is C8H12O3. The molecule has 1 aromatic heterocycles. The van der Waals surface area contributed by atoms with Crippen molar-refractivity contribution in [3.8, 4) is 0 Å². The van der Waals surface area contributed by atoms with Crippen molar-refractivity contribution in [3.63, 3.8) is 0 Å². The normalized spacial score (nSPS) is 10.9. The van der Waals surface area contributed by atoms with E-state index in [9.17, 15) is 0 Å². The molecule has 0 saturated carbocycles. The van der Waals surface area contributed by atoms with E-state index in [1.807, 2.05) is 13.0 Å². The van der Waals surface area contributed by atoms with Crippen molar-refractivity contribution < 1.29 is 13.9 Å². The second-order valence-electron chi connectivity index (χ2n) is 2.24. The largest absolute Gasteiger partial charge is 0.469 e. The van der Waals surface area contributed by atoms with Crippen LogP contribution in [0, 0.1) is 6.92 Å². The molecule has 0 aliphatic rings. The molecule has 0 aliphatic carbocycles. The van der Waals surface area contributed by atoms with Gasteiger partial charge in [0.05, 0.1) is 6.26 Å². The van der Waals surface area contributed by atoms with Gasteiger partial charge in [0.2, 0.25) is 0 Å². The molecule has 0 amide bonds. The van der Waals surface area contributed by atoms with Crippen LogP contribution in [0.5, 0.6) is 0 Å². The minimum atomic E-state index is -0.311. The highest BCUT2D eigenvalue weighted by Crippen LogP contribution is 2.21. The van der Waals surface area contributed by atoms with Crippen LogP contribution in [0.25, 0.3) is 0 Å². The third-order valence-electron chi connectivity index (χ3n) is 1.58. The Kier molecular flexibility index (Phi) is 2.68. The average molecular weight is 156 g/mol. The van der Waals surface area contributed by atoms with E-state index in [0.717, 1.165) is 11.3 Å². The summed E-state index contributed by atoms with van der Waals surface area (Å²) in [6.45, 7) is 1.88. The fraction of sp³-hybridized carbons (Fsp3) is 0.500. The van der Waals surface area contributed by atoms with E-state index in [-0.39, 0.29) is 6.29 Å². The summed E-state index contributed by atoms with van der Waals surface area (Å²) >= 11 is 0. The molecule has 0 radical (unpaired) electrons. The topological polar surface area (TPSA) is 31.6 Å². The Morgan fingerprint density at radius 2 is 2.00 bits per heavy atom. The highest BCUT2D eigenvalue weighted by Gasteiger charge is 2.12. The van der Waals surface area contributed by atoms with E-state index in [1.54, 1.807) is 20.5 Å². The van der Waals surface area contributed by atoms with Crippen molar-refractivity contribution in [3.05, 3.63) is 23.7 Å². The zero-order chi connectivity index (χ0) is 8.27. The van der Waals surface area contributed by atoms with Crippen LogP contribution in [0.1, 0.15) is 17.6 Å². The van der Waals surface area contributed by atoms with Gasteiger partial charge in [-0.25, -0.2) is 0 Å². The Hall–Kier alpha value is -0.800. The molecule has 0 aromatic carbocycles. The highest BCUT2D eigenvalue weighted by molar-refractivity contribution is 5.16. The first kappa shape index (κ1) is 8.30. The Balaban J connectivity index is 2.81. The summed E-state index contributed by atoms with van der Waals surface area (Å²) in [5.41, 5.74) is 0.940. The van der Waals surface area contributed by atoms with E-state index >= 15 is 0 Å². The summed E-state index contributed by atoms with van der Waals surface area (Å²) in [6, 6.07) is 1.84. The first-order chi connectivity index (χ1) is 5.29. The van der Waals surface area contributed by atoms with Crippen molar-refractivity contribution in [1.29, 1.82) is 0 Å². The fourth-order valence-corrected chi connectivity index (χ4v) is 0.989. The standard InChI is InChI=1S/C8H12O3/c1-6-7(4-5-11-6)8(9-2)10-3/h4-5,8H,1-3H3. The SMILES string of the molecule is COC(OC)c1ccoc1C. The summed E-state index contributed by atoms with van der Waals surface area (Å²) in [4.78, 5) is 0. The quantitative estimate of drug-likeness (QED) is 0.626. The first-order valence-corrected chi connectivity index (χ1v) is 3.39. The molecule has 0 N–H and O–H groups in total. The molecule has 0 fully saturated rings. The smallest absolute Gasteiger partial charge is 0.186 e. The van der Waals surface area contributed by atoms with Crippen molar-refractivity contribution in [2.75, 3.05) is 14.2 Å². The van der Waals surface area contributed by atoms with Gasteiger partial charge in [-0.3, -0.25) is 0 Å². The van der Waals surface area contributed by atoms with Gasteiger partial charge in [-0.15, -0.1) is 0 Å². The van der Waals surface area contributed by atoms with Gasteiger partial charge >= 0.3 is 0 Å². The van der Waals surface area contributed by atoms with Crippen LogP contribution in [0.4, 0.5) is 0 Å². The van der Waals surface area contributed by atoms with Gasteiger partial charge in [0.1, 0.15) is 5.76 Å². The van der Waals surface area contributed by atoms with E-state index in [0.29, 0.717) is 0 Å². The molecule has 0 spiro atoms. The number of rotatable bonds is 3. The number of furan rings is 1. The minimum absolute atomic E-state index is 0.311. The number of aryl methyl sites for hydroxylation is 1. The molecule has 11 heavy (non-hydrogen) atoms. The molecule has 1 rings (SSSR count). The minimum Gasteiger partial charge on any atom is -0.469 e. The van der Waals surface area contributed by atoms with Crippen LogP contribution in [0.2, 0.25) is 0 Å². The predicted octanol–water partition coefficient (Wildman–Crippen LogP) is 1.88. The monoisotopic (exact) mass is 156 g/mol. The van der Waals surface area contributed by atoms with Gasteiger partial charge in [0, 0.05) is 19.8 Å². The maximum Gasteiger partial charge on any atom is 0.186 e. The Bertz CT molecular complexity index is 213. The predicted molar refractivity (Wildman–Crippen MR) is 40.2 cm³/mol. The number of hydrogen-bond donors (Lipinski definition) is 0. The Labute approximate surface area is 65.9 Å². The molecule has 0 atom stereocenters. The molecule has 0 unspecified atom stereocenters. The van der Waals surface area contributed by atoms with Gasteiger partial charge in [0.15, 0.2) is 6.29 Å². The van der Waals surface area contributed by atoms with Crippen LogP contribution >= 0.6 is 0 Å². The summed E-state index contributed by atoms with van der Waals surface area (Å²) in [5.74, 6) is 0.832. The maximum absolute atomic E-state index is 5.09. The van der Waals surface area contributed by atoms with Crippen molar-refractivity contribution in [2.45, 2.75) is 13.2 Å². The molecule has 62 valence electrons. The lowest BCUT2D eigenvalue weighted by Crippen LogP contribution is -2.03. The Morgan fingerprint density at radius 1 is 1.36 bits per heavy atom. The fourth-order valence-electron chi connectivity index (χ4n) is 0.989. The van der Waals surface area contributed by atoms with Gasteiger partial charge in [-0.1, -0.05) is 0 Å². The van der Waals surface area contributed by atoms with Crippen LogP contribution in [-0.4, -0.2) is 14.2 Å². The summed E-state index contributed by atoms with van der Waals surface area (Å²) in [7, 11) is 3.20. The zero-order valence-electron chi connectivity index (χ0n) is 6.96. The van der Waals surface area contributed by atoms with E-state index in [2.05, 4.69) is 0 Å². The third-order valence-corrected chi connectivity index (χ3v) is 1.58. The van der Waals surface area contributed by atoms with Crippen LogP contribution in [0.3, 0.4) is 0 Å². The third kappa shape index (κ3) is 1.61. The molecule has 0 saturated heterocycles. The van der Waals surface area contributed by atoms with Gasteiger partial charge in [-0.05, 0) is 13.0 Å². The summed E-state index contributed by atoms with van der Waals surface area (Å²) < 4.78 is 15.2. The first-order valence-electron chi connectivity index (χ1n) is 3.39. The number of hydrogen-bond acceptors (Lipinski definition) is 3. The second kappa shape index (κ2) is 3.55. The molecule has 3 nitrogen and oxygen atoms in total. The number of methoxy groups -OCH3 is 2. The Morgan fingerprint density at radius 3 is 2.36 bits per heavy atom. The van der Waals surface area contributed by atoms with E-state index in [1.165, 1.54) is 0 Å². The lowest BCUT2D eigenvalue weighted by molar-refractivity contribution is -0.106. The van der Waals surface area contributed by atoms with Crippen LogP contribution in [0.15, 0.2) is 16.7 Å². The van der Waals surface area contributed by atoms with Crippen LogP contribution in [-0.2, 0) is 9.47 Å². The van der Waals surface area contributed by atoms with E-state index < -0.39 is 0 Å². The highest BCUT2D eigenvalue weighted by atomic mass is 16.7. The lowest BCUT2D eigenvalue weighted by atomic mass is 10.2. The van der Waals surface area contributed by atoms with Crippen molar-refractivity contribution >= 4 is 0 Å². The summed E-state index contributed by atoms with van der Waals surface area (Å²) in [6.07, 6.45) is 1.31. The van der Waals surface area contributed by atoms with E-state index in [4.69, 9.17) is 13.9 Å². The summed E-state index contributed by atoms with van der Waals surface area (Å²) in [5, 5.41) is 0. The van der Waals surface area contributed by atoms with Crippen molar-refractivity contribution in [2.24, 2.45) is 0 Å². The lowest BCUT2D eigenvalue weighted by Gasteiger charge is -2.11. The molecule has 0 bridgehead atoms. The molecule has 3 heteroatoms. The molecule has 0 aliphatic heterocycles. The van der Waals surface area contributed by atoms with Crippen molar-refractivity contribution in [1.82, 2.24) is 0 Å².